The number of fused-ring (bicyclic) bond motifs is 1. The average molecular weight is 329 g/mol. The molecule has 4 nitrogen and oxygen atoms in total. The minimum Gasteiger partial charge on any atom is -0.490 e. The Balaban J connectivity index is 1.80. The van der Waals surface area contributed by atoms with E-state index in [0.29, 0.717) is 31.1 Å². The standard InChI is InChI=1S/C19H20FNO3/c1-2-16(21-19(22)14-6-3-4-7-15(14)20)13-8-9-17-18(12-13)24-11-5-10-23-17/h3-4,6-9,12,16H,2,5,10-11H2,1H3,(H,21,22)/t16-/m0/s1. The second-order valence-corrected chi connectivity index (χ2v) is 5.67. The van der Waals surface area contributed by atoms with Crippen molar-refractivity contribution in [2.75, 3.05) is 13.2 Å². The number of hydrogen-bond acceptors (Lipinski definition) is 3. The highest BCUT2D eigenvalue weighted by atomic mass is 19.1. The predicted octanol–water partition coefficient (Wildman–Crippen LogP) is 3.87. The summed E-state index contributed by atoms with van der Waals surface area (Å²) in [6.45, 7) is 3.21. The predicted molar refractivity (Wildman–Crippen MR) is 88.9 cm³/mol. The lowest BCUT2D eigenvalue weighted by molar-refractivity contribution is 0.0931. The van der Waals surface area contributed by atoms with Gasteiger partial charge in [-0.15, -0.1) is 0 Å². The van der Waals surface area contributed by atoms with Crippen molar-refractivity contribution in [2.45, 2.75) is 25.8 Å². The fourth-order valence-electron chi connectivity index (χ4n) is 2.70. The van der Waals surface area contributed by atoms with E-state index in [0.717, 1.165) is 12.0 Å². The second kappa shape index (κ2) is 7.34. The number of halogens is 1. The molecule has 0 spiro atoms. The van der Waals surface area contributed by atoms with Crippen LogP contribution in [0, 0.1) is 5.82 Å². The molecule has 5 heteroatoms. The minimum atomic E-state index is -0.525. The van der Waals surface area contributed by atoms with Crippen LogP contribution < -0.4 is 14.8 Å². The molecule has 2 aromatic rings. The summed E-state index contributed by atoms with van der Waals surface area (Å²) < 4.78 is 25.1. The van der Waals surface area contributed by atoms with Crippen molar-refractivity contribution in [2.24, 2.45) is 0 Å². The molecule has 0 fully saturated rings. The SMILES string of the molecule is CC[C@H](NC(=O)c1ccccc1F)c1ccc2c(c1)OCCCO2. The maximum absolute atomic E-state index is 13.8. The van der Waals surface area contributed by atoms with Gasteiger partial charge in [-0.2, -0.15) is 0 Å². The first-order valence-electron chi connectivity index (χ1n) is 8.14. The summed E-state index contributed by atoms with van der Waals surface area (Å²) in [6, 6.07) is 11.4. The molecule has 1 heterocycles. The molecule has 1 N–H and O–H groups in total. The van der Waals surface area contributed by atoms with E-state index < -0.39 is 11.7 Å². The number of hydrogen-bond donors (Lipinski definition) is 1. The van der Waals surface area contributed by atoms with Gasteiger partial charge in [0, 0.05) is 6.42 Å². The van der Waals surface area contributed by atoms with Crippen molar-refractivity contribution in [1.29, 1.82) is 0 Å². The third-order valence-electron chi connectivity index (χ3n) is 4.01. The number of ether oxygens (including phenoxy) is 2. The largest absolute Gasteiger partial charge is 0.490 e. The van der Waals surface area contributed by atoms with Gasteiger partial charge in [-0.05, 0) is 36.2 Å². The zero-order chi connectivity index (χ0) is 16.9. The third-order valence-corrected chi connectivity index (χ3v) is 4.01. The van der Waals surface area contributed by atoms with Crippen molar-refractivity contribution in [3.63, 3.8) is 0 Å². The molecular weight excluding hydrogens is 309 g/mol. The van der Waals surface area contributed by atoms with Gasteiger partial charge in [-0.1, -0.05) is 25.1 Å². The molecule has 0 bridgehead atoms. The Morgan fingerprint density at radius 1 is 1.17 bits per heavy atom. The summed E-state index contributed by atoms with van der Waals surface area (Å²) in [5, 5.41) is 2.89. The Morgan fingerprint density at radius 3 is 2.67 bits per heavy atom. The molecule has 0 saturated heterocycles. The molecule has 0 saturated carbocycles. The van der Waals surface area contributed by atoms with Gasteiger partial charge >= 0.3 is 0 Å². The maximum atomic E-state index is 13.8. The highest BCUT2D eigenvalue weighted by Gasteiger charge is 2.19. The van der Waals surface area contributed by atoms with Gasteiger partial charge in [-0.25, -0.2) is 4.39 Å². The molecule has 126 valence electrons. The molecule has 1 aliphatic rings. The molecular formula is C19H20FNO3. The van der Waals surface area contributed by atoms with Crippen molar-refractivity contribution in [3.8, 4) is 11.5 Å². The third kappa shape index (κ3) is 3.50. The molecule has 1 amide bonds. The lowest BCUT2D eigenvalue weighted by atomic mass is 10.0. The van der Waals surface area contributed by atoms with E-state index in [4.69, 9.17) is 9.47 Å². The molecule has 1 aliphatic heterocycles. The van der Waals surface area contributed by atoms with E-state index in [2.05, 4.69) is 5.32 Å². The quantitative estimate of drug-likeness (QED) is 0.926. The molecule has 24 heavy (non-hydrogen) atoms. The Bertz CT molecular complexity index is 732. The summed E-state index contributed by atoms with van der Waals surface area (Å²) >= 11 is 0. The van der Waals surface area contributed by atoms with E-state index in [1.54, 1.807) is 12.1 Å². The molecule has 0 aromatic heterocycles. The average Bonchev–Trinajstić information content (AvgIpc) is 2.84. The lowest BCUT2D eigenvalue weighted by Gasteiger charge is -2.19. The van der Waals surface area contributed by atoms with Crippen LogP contribution in [0.15, 0.2) is 42.5 Å². The molecule has 2 aromatic carbocycles. The summed E-state index contributed by atoms with van der Waals surface area (Å²) in [5.74, 6) is 0.450. The van der Waals surface area contributed by atoms with Crippen LogP contribution in [0.25, 0.3) is 0 Å². The summed E-state index contributed by atoms with van der Waals surface area (Å²) in [4.78, 5) is 12.3. The smallest absolute Gasteiger partial charge is 0.254 e. The highest BCUT2D eigenvalue weighted by Crippen LogP contribution is 2.33. The highest BCUT2D eigenvalue weighted by molar-refractivity contribution is 5.94. The molecule has 0 aliphatic carbocycles. The second-order valence-electron chi connectivity index (χ2n) is 5.67. The van der Waals surface area contributed by atoms with E-state index in [1.165, 1.54) is 12.1 Å². The molecule has 0 radical (unpaired) electrons. The zero-order valence-electron chi connectivity index (χ0n) is 13.5. The van der Waals surface area contributed by atoms with Crippen molar-refractivity contribution >= 4 is 5.91 Å². The minimum absolute atomic E-state index is 0.0466. The maximum Gasteiger partial charge on any atom is 0.254 e. The number of nitrogens with one attached hydrogen (secondary N) is 1. The molecule has 0 unspecified atom stereocenters. The van der Waals surface area contributed by atoms with Gasteiger partial charge in [0.15, 0.2) is 11.5 Å². The first kappa shape index (κ1) is 16.3. The fraction of sp³-hybridized carbons (Fsp3) is 0.316. The van der Waals surface area contributed by atoms with Gasteiger partial charge in [0.05, 0.1) is 24.8 Å². The van der Waals surface area contributed by atoms with E-state index >= 15 is 0 Å². The summed E-state index contributed by atoms with van der Waals surface area (Å²) in [5.41, 5.74) is 0.955. The zero-order valence-corrected chi connectivity index (χ0v) is 13.5. The van der Waals surface area contributed by atoms with Crippen LogP contribution in [-0.2, 0) is 0 Å². The van der Waals surface area contributed by atoms with E-state index in [9.17, 15) is 9.18 Å². The summed E-state index contributed by atoms with van der Waals surface area (Å²) in [6.07, 6.45) is 1.52. The van der Waals surface area contributed by atoms with Crippen LogP contribution in [0.3, 0.4) is 0 Å². The normalized spacial score (nSPS) is 14.6. The van der Waals surface area contributed by atoms with Crippen molar-refractivity contribution in [3.05, 3.63) is 59.4 Å². The monoisotopic (exact) mass is 329 g/mol. The number of benzene rings is 2. The van der Waals surface area contributed by atoms with Crippen LogP contribution in [0.5, 0.6) is 11.5 Å². The van der Waals surface area contributed by atoms with Crippen molar-refractivity contribution in [1.82, 2.24) is 5.32 Å². The number of rotatable bonds is 4. The van der Waals surface area contributed by atoms with E-state index in [1.807, 2.05) is 25.1 Å². The van der Waals surface area contributed by atoms with Gasteiger partial charge in [0.25, 0.3) is 5.91 Å². The van der Waals surface area contributed by atoms with Gasteiger partial charge in [-0.3, -0.25) is 4.79 Å². The summed E-state index contributed by atoms with van der Waals surface area (Å²) in [7, 11) is 0. The van der Waals surface area contributed by atoms with E-state index in [-0.39, 0.29) is 11.6 Å². The molecule has 3 rings (SSSR count). The van der Waals surface area contributed by atoms with Crippen LogP contribution in [-0.4, -0.2) is 19.1 Å². The first-order valence-corrected chi connectivity index (χ1v) is 8.14. The van der Waals surface area contributed by atoms with Crippen molar-refractivity contribution < 1.29 is 18.7 Å². The first-order chi connectivity index (χ1) is 11.7. The Morgan fingerprint density at radius 2 is 1.92 bits per heavy atom. The fourth-order valence-corrected chi connectivity index (χ4v) is 2.70. The van der Waals surface area contributed by atoms with Gasteiger partial charge < -0.3 is 14.8 Å². The van der Waals surface area contributed by atoms with Crippen LogP contribution in [0.2, 0.25) is 0 Å². The van der Waals surface area contributed by atoms with Crippen LogP contribution >= 0.6 is 0 Å². The number of carbonyl (C=O) groups excluding carboxylic acids is 1. The number of carbonyl (C=O) groups is 1. The van der Waals surface area contributed by atoms with Gasteiger partial charge in [0.2, 0.25) is 0 Å². The van der Waals surface area contributed by atoms with Gasteiger partial charge in [0.1, 0.15) is 5.82 Å². The number of amides is 1. The Hall–Kier alpha value is -2.56. The molecule has 1 atom stereocenters. The Labute approximate surface area is 140 Å². The Kier molecular flexibility index (Phi) is 4.99. The van der Waals surface area contributed by atoms with Crippen LogP contribution in [0.4, 0.5) is 4.39 Å². The topological polar surface area (TPSA) is 47.6 Å². The lowest BCUT2D eigenvalue weighted by Crippen LogP contribution is -2.28. The van der Waals surface area contributed by atoms with Crippen LogP contribution in [0.1, 0.15) is 41.7 Å².